The Morgan fingerprint density at radius 3 is 2.46 bits per heavy atom. The van der Waals surface area contributed by atoms with Crippen molar-refractivity contribution in [3.63, 3.8) is 0 Å². The van der Waals surface area contributed by atoms with E-state index in [0.29, 0.717) is 21.9 Å². The molecule has 2 rings (SSSR count). The Morgan fingerprint density at radius 1 is 1.33 bits per heavy atom. The predicted octanol–water partition coefficient (Wildman–Crippen LogP) is 5.28. The van der Waals surface area contributed by atoms with Crippen LogP contribution in [-0.4, -0.2) is 25.7 Å². The summed E-state index contributed by atoms with van der Waals surface area (Å²) in [6, 6.07) is 0. The fourth-order valence-corrected chi connectivity index (χ4v) is 1.92. The maximum atomic E-state index is 11.4. The third kappa shape index (κ3) is 5.06. The second-order valence-electron chi connectivity index (χ2n) is 3.91. The van der Waals surface area contributed by atoms with Gasteiger partial charge in [0, 0.05) is 6.20 Å². The lowest BCUT2D eigenvalue weighted by Crippen LogP contribution is -2.07. The molecule has 0 aliphatic rings. The molecule has 5 nitrogen and oxygen atoms in total. The van der Waals surface area contributed by atoms with Crippen LogP contribution in [0.3, 0.4) is 0 Å². The van der Waals surface area contributed by atoms with E-state index < -0.39 is 5.97 Å². The van der Waals surface area contributed by atoms with Crippen LogP contribution in [0.4, 0.5) is 0 Å². The zero-order valence-electron chi connectivity index (χ0n) is 14.7. The average molecular weight is 350 g/mol. The molecule has 0 amide bonds. The van der Waals surface area contributed by atoms with E-state index in [0.717, 1.165) is 0 Å². The first kappa shape index (κ1) is 21.6. The molecule has 0 aliphatic carbocycles. The molecule has 6 heteroatoms. The van der Waals surface area contributed by atoms with Crippen LogP contribution in [0.5, 0.6) is 0 Å². The first-order valence-corrected chi connectivity index (χ1v) is 8.19. The van der Waals surface area contributed by atoms with E-state index in [1.807, 2.05) is 27.7 Å². The summed E-state index contributed by atoms with van der Waals surface area (Å²) in [5.74, 6) is -1.08. The van der Waals surface area contributed by atoms with Crippen LogP contribution in [0, 0.1) is 0 Å². The van der Waals surface area contributed by atoms with Gasteiger partial charge in [-0.1, -0.05) is 70.2 Å². The molecular formula is C18H24ClN3O2. The van der Waals surface area contributed by atoms with Crippen LogP contribution >= 0.6 is 11.6 Å². The molecule has 2 aromatic rings. The van der Waals surface area contributed by atoms with E-state index in [9.17, 15) is 9.90 Å². The number of halogens is 1. The minimum atomic E-state index is -1.08. The van der Waals surface area contributed by atoms with Gasteiger partial charge in [-0.25, -0.2) is 14.3 Å². The normalized spacial score (nSPS) is 10.7. The summed E-state index contributed by atoms with van der Waals surface area (Å²) in [5.41, 5.74) is 1.48. The maximum Gasteiger partial charge on any atom is 0.339 e. The van der Waals surface area contributed by atoms with Crippen molar-refractivity contribution in [1.82, 2.24) is 14.6 Å². The van der Waals surface area contributed by atoms with Crippen LogP contribution in [-0.2, 0) is 0 Å². The molecule has 0 saturated heterocycles. The lowest BCUT2D eigenvalue weighted by atomic mass is 10.1. The number of aromatic nitrogens is 3. The predicted molar refractivity (Wildman–Crippen MR) is 101 cm³/mol. The quantitative estimate of drug-likeness (QED) is 0.762. The molecule has 130 valence electrons. The van der Waals surface area contributed by atoms with Crippen molar-refractivity contribution in [2.75, 3.05) is 0 Å². The van der Waals surface area contributed by atoms with Gasteiger partial charge in [-0.3, -0.25) is 0 Å². The second kappa shape index (κ2) is 11.2. The van der Waals surface area contributed by atoms with Gasteiger partial charge in [0.1, 0.15) is 10.6 Å². The summed E-state index contributed by atoms with van der Waals surface area (Å²) in [6.45, 7) is 13.4. The number of aromatic carboxylic acids is 1. The standard InChI is InChI=1S/C14H12ClN3O2.2C2H6/c1-3-5-6-9(4-2)12-10(14(19)20)8-18-13(17-12)11(15)7-16-18;2*1-2/h3-8H,1H2,2H3,(H,19,20);2*1-2H3/b6-5-,9-4+;;. The minimum absolute atomic E-state index is 0.0547. The van der Waals surface area contributed by atoms with Crippen molar-refractivity contribution in [2.24, 2.45) is 0 Å². The Bertz CT molecular complexity index is 746. The van der Waals surface area contributed by atoms with Gasteiger partial charge in [0.2, 0.25) is 0 Å². The highest BCUT2D eigenvalue weighted by atomic mass is 35.5. The topological polar surface area (TPSA) is 67.5 Å². The third-order valence-electron chi connectivity index (χ3n) is 2.68. The van der Waals surface area contributed by atoms with Crippen molar-refractivity contribution < 1.29 is 9.90 Å². The van der Waals surface area contributed by atoms with Crippen LogP contribution in [0.1, 0.15) is 50.7 Å². The summed E-state index contributed by atoms with van der Waals surface area (Å²) in [7, 11) is 0. The van der Waals surface area contributed by atoms with Crippen molar-refractivity contribution in [3.05, 3.63) is 59.6 Å². The maximum absolute atomic E-state index is 11.4. The van der Waals surface area contributed by atoms with Crippen LogP contribution in [0.25, 0.3) is 11.2 Å². The van der Waals surface area contributed by atoms with Gasteiger partial charge in [-0.15, -0.1) is 0 Å². The lowest BCUT2D eigenvalue weighted by molar-refractivity contribution is 0.0695. The van der Waals surface area contributed by atoms with Crippen molar-refractivity contribution in [1.29, 1.82) is 0 Å². The van der Waals surface area contributed by atoms with Gasteiger partial charge in [-0.05, 0) is 12.5 Å². The summed E-state index contributed by atoms with van der Waals surface area (Å²) >= 11 is 5.98. The molecule has 24 heavy (non-hydrogen) atoms. The summed E-state index contributed by atoms with van der Waals surface area (Å²) in [6.07, 6.45) is 9.66. The van der Waals surface area contributed by atoms with E-state index in [2.05, 4.69) is 16.7 Å². The molecule has 0 spiro atoms. The number of fused-ring (bicyclic) bond motifs is 1. The highest BCUT2D eigenvalue weighted by Crippen LogP contribution is 2.23. The van der Waals surface area contributed by atoms with Crippen molar-refractivity contribution >= 4 is 28.8 Å². The lowest BCUT2D eigenvalue weighted by Gasteiger charge is -2.07. The number of allylic oxidation sites excluding steroid dienone is 5. The van der Waals surface area contributed by atoms with Gasteiger partial charge in [0.05, 0.1) is 11.9 Å². The Balaban J connectivity index is 0.00000123. The molecule has 2 aromatic heterocycles. The minimum Gasteiger partial charge on any atom is -0.478 e. The monoisotopic (exact) mass is 349 g/mol. The van der Waals surface area contributed by atoms with Crippen molar-refractivity contribution in [2.45, 2.75) is 34.6 Å². The molecule has 0 atom stereocenters. The third-order valence-corrected chi connectivity index (χ3v) is 2.94. The van der Waals surface area contributed by atoms with E-state index in [1.54, 1.807) is 31.2 Å². The molecule has 2 heterocycles. The molecule has 0 aliphatic heterocycles. The number of hydrogen-bond donors (Lipinski definition) is 1. The van der Waals surface area contributed by atoms with E-state index in [-0.39, 0.29) is 5.56 Å². The van der Waals surface area contributed by atoms with Gasteiger partial charge in [0.25, 0.3) is 0 Å². The molecule has 0 bridgehead atoms. The summed E-state index contributed by atoms with van der Waals surface area (Å²) < 4.78 is 1.35. The molecule has 0 aromatic carbocycles. The molecule has 0 radical (unpaired) electrons. The SMILES string of the molecule is C=C/C=C\C(=C/C)c1nc2c(Cl)cnn2cc1C(=O)O.CC.CC. The zero-order chi connectivity index (χ0) is 18.7. The number of nitrogens with zero attached hydrogens (tertiary/aromatic N) is 3. The highest BCUT2D eigenvalue weighted by molar-refractivity contribution is 6.33. The fourth-order valence-electron chi connectivity index (χ4n) is 1.74. The van der Waals surface area contributed by atoms with Crippen LogP contribution in [0.15, 0.2) is 43.3 Å². The highest BCUT2D eigenvalue weighted by Gasteiger charge is 2.17. The fraction of sp³-hybridized carbons (Fsp3) is 0.278. The second-order valence-corrected chi connectivity index (χ2v) is 4.32. The average Bonchev–Trinajstić information content (AvgIpc) is 2.99. The smallest absolute Gasteiger partial charge is 0.339 e. The number of carboxylic acid groups (broad SMARTS) is 1. The first-order chi connectivity index (χ1) is 11.6. The van der Waals surface area contributed by atoms with E-state index >= 15 is 0 Å². The van der Waals surface area contributed by atoms with Gasteiger partial charge in [0.15, 0.2) is 5.65 Å². The first-order valence-electron chi connectivity index (χ1n) is 7.81. The molecule has 0 unspecified atom stereocenters. The summed E-state index contributed by atoms with van der Waals surface area (Å²) in [4.78, 5) is 15.7. The molecule has 0 fully saturated rings. The van der Waals surface area contributed by atoms with E-state index in [4.69, 9.17) is 11.6 Å². The van der Waals surface area contributed by atoms with Crippen LogP contribution in [0.2, 0.25) is 5.02 Å². The van der Waals surface area contributed by atoms with Gasteiger partial charge >= 0.3 is 5.97 Å². The largest absolute Gasteiger partial charge is 0.478 e. The summed E-state index contributed by atoms with van der Waals surface area (Å²) in [5, 5.41) is 13.6. The number of carbonyl (C=O) groups is 1. The Labute approximate surface area is 148 Å². The van der Waals surface area contributed by atoms with Gasteiger partial charge < -0.3 is 5.11 Å². The molecule has 0 saturated carbocycles. The zero-order valence-corrected chi connectivity index (χ0v) is 15.5. The Kier molecular flexibility index (Phi) is 10.1. The molecular weight excluding hydrogens is 326 g/mol. The van der Waals surface area contributed by atoms with Crippen LogP contribution < -0.4 is 0 Å². The van der Waals surface area contributed by atoms with Crippen molar-refractivity contribution in [3.8, 4) is 0 Å². The Hall–Kier alpha value is -2.40. The van der Waals surface area contributed by atoms with Gasteiger partial charge in [-0.2, -0.15) is 5.10 Å². The van der Waals surface area contributed by atoms with E-state index in [1.165, 1.54) is 16.9 Å². The number of carboxylic acids is 1. The number of rotatable bonds is 4. The Morgan fingerprint density at radius 2 is 1.96 bits per heavy atom. The number of hydrogen-bond acceptors (Lipinski definition) is 3. The molecule has 1 N–H and O–H groups in total.